The number of amides is 2. The molecule has 2 fully saturated rings. The summed E-state index contributed by atoms with van der Waals surface area (Å²) < 4.78 is 28.2. The van der Waals surface area contributed by atoms with E-state index in [-0.39, 0.29) is 29.9 Å². The van der Waals surface area contributed by atoms with E-state index in [9.17, 15) is 18.0 Å². The molecular weight excluding hydrogens is 462 g/mol. The van der Waals surface area contributed by atoms with Crippen molar-refractivity contribution in [2.24, 2.45) is 0 Å². The van der Waals surface area contributed by atoms with Crippen molar-refractivity contribution in [3.8, 4) is 0 Å². The third kappa shape index (κ3) is 5.14. The second-order valence-corrected chi connectivity index (χ2v) is 12.2. The number of aryl methyl sites for hydroxylation is 3. The van der Waals surface area contributed by atoms with Crippen LogP contribution in [0.1, 0.15) is 55.7 Å². The molecule has 0 bridgehead atoms. The number of carbonyl (C=O) groups is 2. The van der Waals surface area contributed by atoms with Crippen LogP contribution < -0.4 is 10.2 Å². The van der Waals surface area contributed by atoms with Gasteiger partial charge in [0.25, 0.3) is 0 Å². The van der Waals surface area contributed by atoms with Crippen molar-refractivity contribution in [3.05, 3.63) is 59.2 Å². The highest BCUT2D eigenvalue weighted by Crippen LogP contribution is 2.34. The zero-order valence-electron chi connectivity index (χ0n) is 21.0. The summed E-state index contributed by atoms with van der Waals surface area (Å²) in [6.07, 6.45) is 5.04. The quantitative estimate of drug-likeness (QED) is 0.680. The molecule has 0 unspecified atom stereocenters. The minimum Gasteiger partial charge on any atom is -0.351 e. The molecule has 2 amide bonds. The maximum atomic E-state index is 13.8. The molecule has 2 aromatic carbocycles. The highest BCUT2D eigenvalue weighted by molar-refractivity contribution is 7.89. The normalized spacial score (nSPS) is 22.3. The predicted molar refractivity (Wildman–Crippen MR) is 137 cm³/mol. The highest BCUT2D eigenvalue weighted by atomic mass is 32.2. The number of benzene rings is 2. The van der Waals surface area contributed by atoms with Crippen LogP contribution in [0, 0.1) is 20.8 Å². The van der Waals surface area contributed by atoms with Gasteiger partial charge in [-0.05, 0) is 75.9 Å². The lowest BCUT2D eigenvalue weighted by Crippen LogP contribution is -2.70. The van der Waals surface area contributed by atoms with Gasteiger partial charge >= 0.3 is 0 Å². The maximum absolute atomic E-state index is 13.8. The maximum Gasteiger partial charge on any atom is 0.247 e. The van der Waals surface area contributed by atoms with Gasteiger partial charge in [0.1, 0.15) is 5.54 Å². The van der Waals surface area contributed by atoms with Crippen LogP contribution in [-0.2, 0) is 19.6 Å². The fourth-order valence-corrected chi connectivity index (χ4v) is 6.75. The van der Waals surface area contributed by atoms with Gasteiger partial charge in [-0.25, -0.2) is 8.42 Å². The summed E-state index contributed by atoms with van der Waals surface area (Å²) in [7, 11) is -3.97. The van der Waals surface area contributed by atoms with E-state index in [4.69, 9.17) is 0 Å². The molecule has 7 nitrogen and oxygen atoms in total. The molecule has 1 atom stereocenters. The van der Waals surface area contributed by atoms with Gasteiger partial charge in [0.2, 0.25) is 21.8 Å². The number of anilines is 1. The Hall–Kier alpha value is -2.71. The number of hydrogen-bond acceptors (Lipinski definition) is 4. The minimum absolute atomic E-state index is 0.0355. The van der Waals surface area contributed by atoms with Crippen LogP contribution in [0.15, 0.2) is 47.4 Å². The number of sulfonamides is 1. The van der Waals surface area contributed by atoms with Crippen LogP contribution in [0.3, 0.4) is 0 Å². The minimum atomic E-state index is -3.97. The lowest BCUT2D eigenvalue weighted by Gasteiger charge is -2.47. The van der Waals surface area contributed by atoms with Crippen LogP contribution in [0.2, 0.25) is 0 Å². The summed E-state index contributed by atoms with van der Waals surface area (Å²) in [5, 5.41) is 3.14. The number of piperazine rings is 1. The van der Waals surface area contributed by atoms with E-state index in [1.807, 2.05) is 39.0 Å². The second kappa shape index (κ2) is 9.74. The molecule has 0 radical (unpaired) electrons. The second-order valence-electron chi connectivity index (χ2n) is 10.2. The highest BCUT2D eigenvalue weighted by Gasteiger charge is 2.51. The Morgan fingerprint density at radius 2 is 1.54 bits per heavy atom. The number of rotatable bonds is 5. The standard InChI is InChI=1S/C27H35N3O4S/c1-19-10-12-24(13-11-19)35(33,34)29-17-25(31)30(23-15-20(2)14-21(3)16-23)27(4,18-29)26(32)28-22-8-6-5-7-9-22/h10-16,22H,5-9,17-18H2,1-4H3,(H,28,32)/t27-/m1/s1. The van der Waals surface area contributed by atoms with E-state index >= 15 is 0 Å². The zero-order chi connectivity index (χ0) is 25.4. The van der Waals surface area contributed by atoms with Crippen molar-refractivity contribution < 1.29 is 18.0 Å². The molecule has 1 aliphatic carbocycles. The van der Waals surface area contributed by atoms with Crippen molar-refractivity contribution in [2.75, 3.05) is 18.0 Å². The first kappa shape index (κ1) is 25.4. The number of nitrogens with one attached hydrogen (secondary N) is 1. The molecule has 1 aliphatic heterocycles. The van der Waals surface area contributed by atoms with Gasteiger partial charge in [-0.15, -0.1) is 0 Å². The van der Waals surface area contributed by atoms with Gasteiger partial charge in [-0.1, -0.05) is 43.0 Å². The van der Waals surface area contributed by atoms with E-state index in [1.165, 1.54) is 4.90 Å². The van der Waals surface area contributed by atoms with Gasteiger partial charge in [0.05, 0.1) is 11.4 Å². The Morgan fingerprint density at radius 1 is 0.943 bits per heavy atom. The van der Waals surface area contributed by atoms with Gasteiger partial charge in [0.15, 0.2) is 0 Å². The van der Waals surface area contributed by atoms with Crippen molar-refractivity contribution in [1.29, 1.82) is 0 Å². The third-order valence-corrected chi connectivity index (χ3v) is 8.90. The van der Waals surface area contributed by atoms with E-state index in [0.29, 0.717) is 5.69 Å². The summed E-state index contributed by atoms with van der Waals surface area (Å²) in [4.78, 5) is 29.0. The first-order valence-electron chi connectivity index (χ1n) is 12.3. The third-order valence-electron chi connectivity index (χ3n) is 7.09. The summed E-state index contributed by atoms with van der Waals surface area (Å²) in [5.41, 5.74) is 2.10. The molecular formula is C27H35N3O4S. The van der Waals surface area contributed by atoms with Crippen molar-refractivity contribution >= 4 is 27.5 Å². The summed E-state index contributed by atoms with van der Waals surface area (Å²) in [6, 6.07) is 12.3. The van der Waals surface area contributed by atoms with Gasteiger partial charge in [-0.2, -0.15) is 4.31 Å². The molecule has 1 saturated heterocycles. The van der Waals surface area contributed by atoms with E-state index in [2.05, 4.69) is 5.32 Å². The van der Waals surface area contributed by atoms with Crippen molar-refractivity contribution in [2.45, 2.75) is 76.3 Å². The summed E-state index contributed by atoms with van der Waals surface area (Å²) in [5.74, 6) is -0.737. The Morgan fingerprint density at radius 3 is 2.14 bits per heavy atom. The van der Waals surface area contributed by atoms with Crippen LogP contribution in [0.4, 0.5) is 5.69 Å². The van der Waals surface area contributed by atoms with E-state index in [0.717, 1.165) is 53.1 Å². The van der Waals surface area contributed by atoms with Gasteiger partial charge < -0.3 is 5.32 Å². The molecule has 0 aromatic heterocycles. The number of hydrogen-bond donors (Lipinski definition) is 1. The molecule has 35 heavy (non-hydrogen) atoms. The Labute approximate surface area is 208 Å². The lowest BCUT2D eigenvalue weighted by atomic mass is 9.91. The molecule has 4 rings (SSSR count). The molecule has 0 spiro atoms. The molecule has 2 aliphatic rings. The molecule has 1 saturated carbocycles. The molecule has 2 aromatic rings. The van der Waals surface area contributed by atoms with Gasteiger partial charge in [-0.3, -0.25) is 14.5 Å². The SMILES string of the molecule is Cc1ccc(S(=O)(=O)N2CC(=O)N(c3cc(C)cc(C)c3)[C@@](C)(C(=O)NC3CCCCC3)C2)cc1. The van der Waals surface area contributed by atoms with Crippen LogP contribution >= 0.6 is 0 Å². The first-order valence-corrected chi connectivity index (χ1v) is 13.7. The van der Waals surface area contributed by atoms with E-state index in [1.54, 1.807) is 31.2 Å². The fraction of sp³-hybridized carbons (Fsp3) is 0.481. The van der Waals surface area contributed by atoms with Crippen molar-refractivity contribution in [1.82, 2.24) is 9.62 Å². The van der Waals surface area contributed by atoms with Crippen LogP contribution in [0.5, 0.6) is 0 Å². The molecule has 1 N–H and O–H groups in total. The average Bonchev–Trinajstić information content (AvgIpc) is 2.79. The lowest BCUT2D eigenvalue weighted by molar-refractivity contribution is -0.133. The largest absolute Gasteiger partial charge is 0.351 e. The molecule has 8 heteroatoms. The Kier molecular flexibility index (Phi) is 7.06. The predicted octanol–water partition coefficient (Wildman–Crippen LogP) is 3.86. The van der Waals surface area contributed by atoms with Gasteiger partial charge in [0, 0.05) is 18.3 Å². The number of nitrogens with zero attached hydrogens (tertiary/aromatic N) is 2. The smallest absolute Gasteiger partial charge is 0.247 e. The Bertz CT molecular complexity index is 1200. The summed E-state index contributed by atoms with van der Waals surface area (Å²) in [6.45, 7) is 7.00. The fourth-order valence-electron chi connectivity index (χ4n) is 5.27. The topological polar surface area (TPSA) is 86.8 Å². The summed E-state index contributed by atoms with van der Waals surface area (Å²) >= 11 is 0. The monoisotopic (exact) mass is 497 g/mol. The Balaban J connectivity index is 1.74. The van der Waals surface area contributed by atoms with Crippen molar-refractivity contribution in [3.63, 3.8) is 0 Å². The molecule has 188 valence electrons. The first-order chi connectivity index (χ1) is 16.5. The van der Waals surface area contributed by atoms with Crippen LogP contribution in [-0.4, -0.2) is 49.2 Å². The molecule has 1 heterocycles. The van der Waals surface area contributed by atoms with E-state index < -0.39 is 21.5 Å². The number of carbonyl (C=O) groups excluding carboxylic acids is 2. The zero-order valence-corrected chi connectivity index (χ0v) is 21.8. The van der Waals surface area contributed by atoms with Crippen LogP contribution in [0.25, 0.3) is 0 Å². The average molecular weight is 498 g/mol.